The number of carbonyl (C=O) groups excluding carboxylic acids is 1. The molecule has 3 N–H and O–H groups in total. The molecule has 2 rings (SSSR count). The van der Waals surface area contributed by atoms with Gasteiger partial charge in [0.05, 0.1) is 19.3 Å². The van der Waals surface area contributed by atoms with Gasteiger partial charge in [-0.05, 0) is 0 Å². The molecule has 0 radical (unpaired) electrons. The molecule has 0 unspecified atom stereocenters. The molecule has 0 aromatic carbocycles. The lowest BCUT2D eigenvalue weighted by molar-refractivity contribution is -0.121. The van der Waals surface area contributed by atoms with Crippen LogP contribution in [0.4, 0.5) is 0 Å². The minimum absolute atomic E-state index is 0.0866. The number of amides is 1. The van der Waals surface area contributed by atoms with Crippen LogP contribution in [0.5, 0.6) is 0 Å². The van der Waals surface area contributed by atoms with Gasteiger partial charge in [-0.3, -0.25) is 9.59 Å². The molecule has 2 heterocycles. The van der Waals surface area contributed by atoms with Crippen molar-refractivity contribution in [1.82, 2.24) is 24.8 Å². The Morgan fingerprint density at radius 2 is 2.33 bits per heavy atom. The summed E-state index contributed by atoms with van der Waals surface area (Å²) in [5, 5.41) is 11.1. The quantitative estimate of drug-likeness (QED) is 0.606. The third-order valence-corrected chi connectivity index (χ3v) is 2.42. The monoisotopic (exact) mass is 251 g/mol. The van der Waals surface area contributed by atoms with E-state index in [9.17, 15) is 9.59 Å². The molecular weight excluding hydrogens is 238 g/mol. The average molecular weight is 251 g/mol. The smallest absolute Gasteiger partial charge is 0.278 e. The highest BCUT2D eigenvalue weighted by molar-refractivity contribution is 5.76. The SMILES string of the molecule is O=C(CCn1cnc2c(=O)[nH]cnc21)NCCO. The Kier molecular flexibility index (Phi) is 3.68. The Morgan fingerprint density at radius 1 is 1.50 bits per heavy atom. The number of aliphatic hydroxyl groups is 1. The van der Waals surface area contributed by atoms with Gasteiger partial charge in [-0.1, -0.05) is 0 Å². The molecule has 0 spiro atoms. The first-order valence-electron chi connectivity index (χ1n) is 5.48. The van der Waals surface area contributed by atoms with E-state index in [1.165, 1.54) is 12.7 Å². The lowest BCUT2D eigenvalue weighted by Crippen LogP contribution is -2.27. The van der Waals surface area contributed by atoms with E-state index in [4.69, 9.17) is 5.11 Å². The Labute approximate surface area is 102 Å². The predicted octanol–water partition coefficient (Wildman–Crippen LogP) is -1.38. The normalized spacial score (nSPS) is 10.7. The molecular formula is C10H13N5O3. The number of aryl methyl sites for hydroxylation is 1. The predicted molar refractivity (Wildman–Crippen MR) is 62.9 cm³/mol. The van der Waals surface area contributed by atoms with Crippen LogP contribution in [0, 0.1) is 0 Å². The van der Waals surface area contributed by atoms with Crippen molar-refractivity contribution >= 4 is 17.1 Å². The number of H-pyrrole nitrogens is 1. The minimum atomic E-state index is -0.302. The number of nitrogens with one attached hydrogen (secondary N) is 2. The van der Waals surface area contributed by atoms with E-state index >= 15 is 0 Å². The van der Waals surface area contributed by atoms with Crippen LogP contribution in [-0.4, -0.2) is 43.7 Å². The summed E-state index contributed by atoms with van der Waals surface area (Å²) in [5.74, 6) is -0.171. The highest BCUT2D eigenvalue weighted by Crippen LogP contribution is 2.04. The Morgan fingerprint density at radius 3 is 3.11 bits per heavy atom. The van der Waals surface area contributed by atoms with E-state index in [0.29, 0.717) is 12.2 Å². The largest absolute Gasteiger partial charge is 0.395 e. The van der Waals surface area contributed by atoms with Gasteiger partial charge in [0.15, 0.2) is 11.2 Å². The summed E-state index contributed by atoms with van der Waals surface area (Å²) in [6.45, 7) is 0.530. The van der Waals surface area contributed by atoms with Crippen molar-refractivity contribution in [3.8, 4) is 0 Å². The third kappa shape index (κ3) is 2.54. The van der Waals surface area contributed by atoms with Crippen molar-refractivity contribution in [2.24, 2.45) is 0 Å². The van der Waals surface area contributed by atoms with Crippen molar-refractivity contribution in [3.05, 3.63) is 23.0 Å². The fraction of sp³-hybridized carbons (Fsp3) is 0.400. The number of nitrogens with zero attached hydrogens (tertiary/aromatic N) is 3. The number of aromatic nitrogens is 4. The second kappa shape index (κ2) is 5.41. The van der Waals surface area contributed by atoms with Gasteiger partial charge >= 0.3 is 0 Å². The zero-order valence-corrected chi connectivity index (χ0v) is 9.59. The lowest BCUT2D eigenvalue weighted by Gasteiger charge is -2.04. The first kappa shape index (κ1) is 12.2. The molecule has 96 valence electrons. The van der Waals surface area contributed by atoms with Crippen LogP contribution < -0.4 is 10.9 Å². The van der Waals surface area contributed by atoms with E-state index in [1.807, 2.05) is 0 Å². The Hall–Kier alpha value is -2.22. The van der Waals surface area contributed by atoms with Gasteiger partial charge in [0.25, 0.3) is 5.56 Å². The number of carbonyl (C=O) groups is 1. The van der Waals surface area contributed by atoms with Gasteiger partial charge in [-0.2, -0.15) is 0 Å². The molecule has 1 amide bonds. The van der Waals surface area contributed by atoms with Crippen molar-refractivity contribution in [3.63, 3.8) is 0 Å². The fourth-order valence-electron chi connectivity index (χ4n) is 1.56. The van der Waals surface area contributed by atoms with Gasteiger partial charge in [0, 0.05) is 19.5 Å². The maximum absolute atomic E-state index is 11.4. The number of rotatable bonds is 5. The minimum Gasteiger partial charge on any atom is -0.395 e. The van der Waals surface area contributed by atoms with E-state index < -0.39 is 0 Å². The lowest BCUT2D eigenvalue weighted by atomic mass is 10.4. The highest BCUT2D eigenvalue weighted by atomic mass is 16.3. The second-order valence-corrected chi connectivity index (χ2v) is 3.67. The zero-order chi connectivity index (χ0) is 13.0. The number of imidazole rings is 1. The summed E-state index contributed by atoms with van der Waals surface area (Å²) in [6, 6.07) is 0. The van der Waals surface area contributed by atoms with Crippen LogP contribution in [0.15, 0.2) is 17.4 Å². The first-order valence-corrected chi connectivity index (χ1v) is 5.48. The molecule has 0 atom stereocenters. The maximum atomic E-state index is 11.4. The van der Waals surface area contributed by atoms with Crippen molar-refractivity contribution < 1.29 is 9.90 Å². The topological polar surface area (TPSA) is 113 Å². The summed E-state index contributed by atoms with van der Waals surface area (Å²) < 4.78 is 1.64. The maximum Gasteiger partial charge on any atom is 0.278 e. The van der Waals surface area contributed by atoms with Crippen LogP contribution in [-0.2, 0) is 11.3 Å². The molecule has 8 heteroatoms. The highest BCUT2D eigenvalue weighted by Gasteiger charge is 2.08. The van der Waals surface area contributed by atoms with Gasteiger partial charge in [-0.25, -0.2) is 9.97 Å². The summed E-state index contributed by atoms with van der Waals surface area (Å²) in [4.78, 5) is 33.1. The second-order valence-electron chi connectivity index (χ2n) is 3.67. The first-order chi connectivity index (χ1) is 8.72. The van der Waals surface area contributed by atoms with Crippen LogP contribution in [0.1, 0.15) is 6.42 Å². The molecule has 2 aromatic rings. The summed E-state index contributed by atoms with van der Waals surface area (Å²) in [5.41, 5.74) is 0.408. The van der Waals surface area contributed by atoms with Gasteiger partial charge < -0.3 is 20.0 Å². The summed E-state index contributed by atoms with van der Waals surface area (Å²) in [6.07, 6.45) is 3.01. The van der Waals surface area contributed by atoms with E-state index in [0.717, 1.165) is 0 Å². The number of aromatic amines is 1. The van der Waals surface area contributed by atoms with E-state index in [-0.39, 0.29) is 36.6 Å². The number of fused-ring (bicyclic) bond motifs is 1. The Balaban J connectivity index is 2.06. The molecule has 0 aliphatic heterocycles. The number of hydrogen-bond acceptors (Lipinski definition) is 5. The Bertz CT molecular complexity index is 603. The molecule has 0 saturated heterocycles. The van der Waals surface area contributed by atoms with E-state index in [1.54, 1.807) is 4.57 Å². The molecule has 8 nitrogen and oxygen atoms in total. The molecule has 0 bridgehead atoms. The van der Waals surface area contributed by atoms with E-state index in [2.05, 4.69) is 20.3 Å². The zero-order valence-electron chi connectivity index (χ0n) is 9.59. The van der Waals surface area contributed by atoms with Crippen molar-refractivity contribution in [2.45, 2.75) is 13.0 Å². The van der Waals surface area contributed by atoms with Gasteiger partial charge in [0.1, 0.15) is 0 Å². The molecule has 0 aliphatic carbocycles. The summed E-state index contributed by atoms with van der Waals surface area (Å²) in [7, 11) is 0. The van der Waals surface area contributed by atoms with Crippen molar-refractivity contribution in [2.75, 3.05) is 13.2 Å². The van der Waals surface area contributed by atoms with Crippen LogP contribution in [0.2, 0.25) is 0 Å². The fourth-order valence-corrected chi connectivity index (χ4v) is 1.56. The molecule has 2 aromatic heterocycles. The van der Waals surface area contributed by atoms with Crippen LogP contribution >= 0.6 is 0 Å². The van der Waals surface area contributed by atoms with Crippen molar-refractivity contribution in [1.29, 1.82) is 0 Å². The summed E-state index contributed by atoms with van der Waals surface area (Å²) >= 11 is 0. The van der Waals surface area contributed by atoms with Crippen LogP contribution in [0.3, 0.4) is 0 Å². The third-order valence-electron chi connectivity index (χ3n) is 2.42. The number of aliphatic hydroxyl groups excluding tert-OH is 1. The standard InChI is InChI=1S/C10H13N5O3/c16-4-2-11-7(17)1-3-15-6-14-8-9(15)12-5-13-10(8)18/h5-6,16H,1-4H2,(H,11,17)(H,12,13,18). The van der Waals surface area contributed by atoms with Gasteiger partial charge in [-0.15, -0.1) is 0 Å². The molecule has 0 saturated carbocycles. The van der Waals surface area contributed by atoms with Crippen LogP contribution in [0.25, 0.3) is 11.2 Å². The average Bonchev–Trinajstić information content (AvgIpc) is 2.78. The number of hydrogen-bond donors (Lipinski definition) is 3. The molecule has 0 fully saturated rings. The molecule has 0 aliphatic rings. The van der Waals surface area contributed by atoms with Gasteiger partial charge in [0.2, 0.25) is 5.91 Å². The molecule has 18 heavy (non-hydrogen) atoms.